The lowest BCUT2D eigenvalue weighted by Gasteiger charge is -2.14. The predicted octanol–water partition coefficient (Wildman–Crippen LogP) is 1.25. The topological polar surface area (TPSA) is 60.2 Å². The largest absolute Gasteiger partial charge is 0.367 e. The Morgan fingerprint density at radius 2 is 2.17 bits per heavy atom. The molecule has 9 heteroatoms. The number of aromatic nitrogens is 2. The average molecular weight is 271 g/mol. The molecule has 0 amide bonds. The molecule has 18 heavy (non-hydrogen) atoms. The van der Waals surface area contributed by atoms with Crippen LogP contribution in [0.1, 0.15) is 11.7 Å². The molecule has 1 aromatic rings. The van der Waals surface area contributed by atoms with Crippen LogP contribution in [0.4, 0.5) is 17.6 Å². The number of halogens is 4. The van der Waals surface area contributed by atoms with Crippen LogP contribution < -0.4 is 5.32 Å². The fourth-order valence-corrected chi connectivity index (χ4v) is 1.02. The van der Waals surface area contributed by atoms with Gasteiger partial charge in [-0.1, -0.05) is 5.16 Å². The van der Waals surface area contributed by atoms with Crippen LogP contribution in [0, 0.1) is 0 Å². The molecule has 104 valence electrons. The number of hydrogen-bond donors (Lipinski definition) is 1. The number of nitrogens with zero attached hydrogens (tertiary/aromatic N) is 2. The second-order valence-corrected chi connectivity index (χ2v) is 3.51. The second kappa shape index (κ2) is 6.64. The smallest absolute Gasteiger partial charge is 0.330 e. The van der Waals surface area contributed by atoms with E-state index in [1.54, 1.807) is 7.05 Å². The molecule has 1 aromatic heterocycles. The highest BCUT2D eigenvalue weighted by Crippen LogP contribution is 2.23. The summed E-state index contributed by atoms with van der Waals surface area (Å²) in [6.07, 6.45) is -3.27. The van der Waals surface area contributed by atoms with Crippen LogP contribution in [0.3, 0.4) is 0 Å². The Balaban J connectivity index is 2.33. The van der Waals surface area contributed by atoms with Gasteiger partial charge in [0.05, 0.1) is 0 Å². The van der Waals surface area contributed by atoms with Crippen molar-refractivity contribution in [1.82, 2.24) is 15.5 Å². The van der Waals surface area contributed by atoms with E-state index in [4.69, 9.17) is 4.52 Å². The van der Waals surface area contributed by atoms with Crippen LogP contribution in [-0.4, -0.2) is 42.7 Å². The van der Waals surface area contributed by atoms with Crippen LogP contribution in [-0.2, 0) is 17.8 Å². The number of likely N-dealkylation sites (N-methyl/N-ethyl adjacent to an activating group) is 1. The quantitative estimate of drug-likeness (QED) is 0.721. The molecule has 0 saturated carbocycles. The molecule has 0 aliphatic carbocycles. The second-order valence-electron chi connectivity index (χ2n) is 3.51. The molecule has 1 rings (SSSR count). The first kappa shape index (κ1) is 14.8. The first-order chi connectivity index (χ1) is 8.45. The maximum absolute atomic E-state index is 12.5. The number of rotatable bonds is 8. The Morgan fingerprint density at radius 1 is 1.44 bits per heavy atom. The van der Waals surface area contributed by atoms with E-state index in [1.165, 1.54) is 0 Å². The van der Waals surface area contributed by atoms with E-state index in [0.717, 1.165) is 0 Å². The monoisotopic (exact) mass is 271 g/mol. The van der Waals surface area contributed by atoms with Gasteiger partial charge in [0.25, 0.3) is 0 Å². The molecule has 5 nitrogen and oxygen atoms in total. The first-order valence-electron chi connectivity index (χ1n) is 5.15. The van der Waals surface area contributed by atoms with Crippen LogP contribution in [0.25, 0.3) is 0 Å². The zero-order chi connectivity index (χ0) is 13.6. The molecule has 0 radical (unpaired) electrons. The van der Waals surface area contributed by atoms with Gasteiger partial charge in [-0.3, -0.25) is 0 Å². The summed E-state index contributed by atoms with van der Waals surface area (Å²) < 4.78 is 57.8. The average Bonchev–Trinajstić information content (AvgIpc) is 2.74. The van der Waals surface area contributed by atoms with Gasteiger partial charge in [-0.15, -0.1) is 0 Å². The summed E-state index contributed by atoms with van der Waals surface area (Å²) >= 11 is 0. The molecular weight excluding hydrogens is 258 g/mol. The number of hydrogen-bond acceptors (Lipinski definition) is 5. The van der Waals surface area contributed by atoms with Gasteiger partial charge in [0.15, 0.2) is 5.82 Å². The van der Waals surface area contributed by atoms with E-state index in [0.29, 0.717) is 18.9 Å². The van der Waals surface area contributed by atoms with Crippen molar-refractivity contribution in [3.63, 3.8) is 0 Å². The van der Waals surface area contributed by atoms with Gasteiger partial charge in [0.2, 0.25) is 5.89 Å². The summed E-state index contributed by atoms with van der Waals surface area (Å²) in [5.41, 5.74) is 0. The van der Waals surface area contributed by atoms with Gasteiger partial charge in [0, 0.05) is 13.0 Å². The Bertz CT molecular complexity index is 359. The van der Waals surface area contributed by atoms with Gasteiger partial charge in [-0.2, -0.15) is 13.8 Å². The van der Waals surface area contributed by atoms with Crippen LogP contribution >= 0.6 is 0 Å². The molecule has 0 saturated heterocycles. The van der Waals surface area contributed by atoms with Gasteiger partial charge >= 0.3 is 12.3 Å². The Morgan fingerprint density at radius 3 is 2.78 bits per heavy atom. The highest BCUT2D eigenvalue weighted by Gasteiger charge is 2.41. The van der Waals surface area contributed by atoms with Gasteiger partial charge in [-0.25, -0.2) is 8.78 Å². The van der Waals surface area contributed by atoms with Crippen molar-refractivity contribution in [2.45, 2.75) is 25.4 Å². The molecule has 0 unspecified atom stereocenters. The van der Waals surface area contributed by atoms with Crippen molar-refractivity contribution >= 4 is 0 Å². The molecule has 0 atom stereocenters. The van der Waals surface area contributed by atoms with E-state index < -0.39 is 25.6 Å². The SMILES string of the molecule is CNCCc1nc(COCC(F)(F)C(F)F)no1. The first-order valence-corrected chi connectivity index (χ1v) is 5.15. The highest BCUT2D eigenvalue weighted by atomic mass is 19.3. The Kier molecular flexibility index (Phi) is 5.48. The van der Waals surface area contributed by atoms with Crippen LogP contribution in [0.15, 0.2) is 4.52 Å². The third kappa shape index (κ3) is 4.57. The Hall–Kier alpha value is -1.22. The van der Waals surface area contributed by atoms with E-state index in [2.05, 4.69) is 20.2 Å². The molecule has 0 aromatic carbocycles. The zero-order valence-electron chi connectivity index (χ0n) is 9.63. The molecule has 1 heterocycles. The van der Waals surface area contributed by atoms with Gasteiger partial charge in [0.1, 0.15) is 13.2 Å². The van der Waals surface area contributed by atoms with Crippen LogP contribution in [0.2, 0.25) is 0 Å². The summed E-state index contributed by atoms with van der Waals surface area (Å²) in [7, 11) is 1.74. The van der Waals surface area contributed by atoms with Crippen molar-refractivity contribution in [2.75, 3.05) is 20.2 Å². The van der Waals surface area contributed by atoms with Crippen molar-refractivity contribution in [2.24, 2.45) is 0 Å². The minimum absolute atomic E-state index is 0.0474. The molecule has 0 bridgehead atoms. The third-order valence-electron chi connectivity index (χ3n) is 1.94. The lowest BCUT2D eigenvalue weighted by Crippen LogP contribution is -2.32. The van der Waals surface area contributed by atoms with E-state index >= 15 is 0 Å². The molecule has 0 spiro atoms. The predicted molar refractivity (Wildman–Crippen MR) is 52.5 cm³/mol. The van der Waals surface area contributed by atoms with Gasteiger partial charge in [-0.05, 0) is 7.05 Å². The minimum atomic E-state index is -4.17. The van der Waals surface area contributed by atoms with Crippen LogP contribution in [0.5, 0.6) is 0 Å². The van der Waals surface area contributed by atoms with Crippen molar-refractivity contribution < 1.29 is 26.8 Å². The summed E-state index contributed by atoms with van der Waals surface area (Å²) in [5, 5.41) is 6.32. The lowest BCUT2D eigenvalue weighted by atomic mass is 10.4. The van der Waals surface area contributed by atoms with Gasteiger partial charge < -0.3 is 14.6 Å². The van der Waals surface area contributed by atoms with Crippen molar-refractivity contribution in [3.05, 3.63) is 11.7 Å². The van der Waals surface area contributed by atoms with E-state index in [1.807, 2.05) is 0 Å². The van der Waals surface area contributed by atoms with Crippen molar-refractivity contribution in [3.8, 4) is 0 Å². The van der Waals surface area contributed by atoms with Crippen molar-refractivity contribution in [1.29, 1.82) is 0 Å². The maximum atomic E-state index is 12.5. The fourth-order valence-electron chi connectivity index (χ4n) is 1.02. The molecule has 0 aliphatic rings. The molecule has 0 aliphatic heterocycles. The third-order valence-corrected chi connectivity index (χ3v) is 1.94. The molecular formula is C9H13F4N3O2. The van der Waals surface area contributed by atoms with E-state index in [9.17, 15) is 17.6 Å². The minimum Gasteiger partial charge on any atom is -0.367 e. The molecule has 1 N–H and O–H groups in total. The zero-order valence-corrected chi connectivity index (χ0v) is 9.63. The fraction of sp³-hybridized carbons (Fsp3) is 0.778. The Labute approximate surface area is 100 Å². The molecule has 0 fully saturated rings. The number of alkyl halides is 4. The summed E-state index contributed by atoms with van der Waals surface area (Å²) in [4.78, 5) is 3.84. The maximum Gasteiger partial charge on any atom is 0.330 e. The lowest BCUT2D eigenvalue weighted by molar-refractivity contribution is -0.168. The van der Waals surface area contributed by atoms with E-state index in [-0.39, 0.29) is 5.82 Å². The highest BCUT2D eigenvalue weighted by molar-refractivity contribution is 4.85. The number of nitrogens with one attached hydrogen (secondary N) is 1. The standard InChI is InChI=1S/C9H13F4N3O2/c1-14-3-2-7-15-6(16-18-7)4-17-5-9(12,13)8(10)11/h8,14H,2-5H2,1H3. The summed E-state index contributed by atoms with van der Waals surface area (Å²) in [6, 6.07) is 0. The summed E-state index contributed by atoms with van der Waals surface area (Å²) in [5.74, 6) is -3.80. The number of ether oxygens (including phenoxy) is 1. The summed E-state index contributed by atoms with van der Waals surface area (Å²) in [6.45, 7) is -1.16. The normalized spacial score (nSPS) is 12.3.